The Hall–Kier alpha value is -3.56. The van der Waals surface area contributed by atoms with Crippen LogP contribution in [-0.4, -0.2) is 37.9 Å². The van der Waals surface area contributed by atoms with Crippen molar-refractivity contribution in [3.05, 3.63) is 53.4 Å². The molecule has 0 aliphatic carbocycles. The molecule has 3 rings (SSSR count). The number of H-pyrrole nitrogens is 1. The van der Waals surface area contributed by atoms with Crippen LogP contribution in [0, 0.1) is 18.6 Å². The first-order valence-corrected chi connectivity index (χ1v) is 8.90. The fourth-order valence-electron chi connectivity index (χ4n) is 2.71. The number of aromatic nitrogens is 4. The third-order valence-corrected chi connectivity index (χ3v) is 3.85. The minimum absolute atomic E-state index is 0.109. The van der Waals surface area contributed by atoms with Crippen LogP contribution in [0.25, 0.3) is 11.3 Å². The summed E-state index contributed by atoms with van der Waals surface area (Å²) in [6.07, 6.45) is 0. The lowest BCUT2D eigenvalue weighted by molar-refractivity contribution is 0.0967. The highest BCUT2D eigenvalue weighted by atomic mass is 19.1. The molecule has 0 saturated carbocycles. The van der Waals surface area contributed by atoms with Gasteiger partial charge < -0.3 is 5.32 Å². The van der Waals surface area contributed by atoms with Crippen LogP contribution in [0.2, 0.25) is 0 Å². The summed E-state index contributed by atoms with van der Waals surface area (Å²) in [5.74, 6) is -1.25. The monoisotopic (exact) mass is 401 g/mol. The summed E-state index contributed by atoms with van der Waals surface area (Å²) >= 11 is 0. The molecule has 3 N–H and O–H groups in total. The van der Waals surface area contributed by atoms with Crippen LogP contribution >= 0.6 is 0 Å². The summed E-state index contributed by atoms with van der Waals surface area (Å²) in [6.45, 7) is 5.50. The molecule has 3 aromatic rings. The molecule has 2 aromatic heterocycles. The number of nitrogens with zero attached hydrogens (tertiary/aromatic N) is 4. The molecule has 8 nitrogen and oxygen atoms in total. The Balaban J connectivity index is 1.80. The maximum Gasteiger partial charge on any atom is 0.276 e. The molecule has 0 aliphatic heterocycles. The Morgan fingerprint density at radius 1 is 1.17 bits per heavy atom. The molecule has 0 spiro atoms. The van der Waals surface area contributed by atoms with E-state index in [1.807, 2.05) is 13.8 Å². The van der Waals surface area contributed by atoms with Crippen LogP contribution in [0.5, 0.6) is 0 Å². The number of hydrogen-bond donors (Lipinski definition) is 3. The molecule has 1 aromatic carbocycles. The Labute approximate surface area is 166 Å². The van der Waals surface area contributed by atoms with E-state index in [0.717, 1.165) is 6.07 Å². The first-order valence-electron chi connectivity index (χ1n) is 8.90. The number of amides is 1. The van der Waals surface area contributed by atoms with Gasteiger partial charge in [0.1, 0.15) is 17.3 Å². The summed E-state index contributed by atoms with van der Waals surface area (Å²) in [4.78, 5) is 16.9. The number of carbonyl (C=O) groups is 1. The van der Waals surface area contributed by atoms with Crippen LogP contribution in [0.15, 0.2) is 35.3 Å². The van der Waals surface area contributed by atoms with E-state index < -0.39 is 11.6 Å². The van der Waals surface area contributed by atoms with Crippen molar-refractivity contribution >= 4 is 17.7 Å². The van der Waals surface area contributed by atoms with Gasteiger partial charge in [0.25, 0.3) is 5.91 Å². The van der Waals surface area contributed by atoms with E-state index in [2.05, 4.69) is 30.9 Å². The molecule has 0 bridgehead atoms. The normalized spacial score (nSPS) is 11.8. The smallest absolute Gasteiger partial charge is 0.276 e. The highest BCUT2D eigenvalue weighted by molar-refractivity contribution is 6.09. The van der Waals surface area contributed by atoms with Gasteiger partial charge >= 0.3 is 0 Å². The highest BCUT2D eigenvalue weighted by Gasteiger charge is 2.16. The van der Waals surface area contributed by atoms with Crippen LogP contribution in [0.1, 0.15) is 30.0 Å². The van der Waals surface area contributed by atoms with Crippen molar-refractivity contribution in [1.29, 1.82) is 0 Å². The van der Waals surface area contributed by atoms with Crippen LogP contribution in [0.4, 0.5) is 14.6 Å². The van der Waals surface area contributed by atoms with Gasteiger partial charge in [0, 0.05) is 30.8 Å². The van der Waals surface area contributed by atoms with Crippen LogP contribution in [0.3, 0.4) is 0 Å². The van der Waals surface area contributed by atoms with Crippen molar-refractivity contribution in [2.75, 3.05) is 5.32 Å². The number of halogens is 2. The Morgan fingerprint density at radius 2 is 1.86 bits per heavy atom. The van der Waals surface area contributed by atoms with Gasteiger partial charge in [0.15, 0.2) is 5.82 Å². The maximum absolute atomic E-state index is 13.4. The van der Waals surface area contributed by atoms with Crippen LogP contribution < -0.4 is 10.6 Å². The largest absolute Gasteiger partial charge is 0.309 e. The predicted octanol–water partition coefficient (Wildman–Crippen LogP) is 3.00. The van der Waals surface area contributed by atoms with Gasteiger partial charge in [-0.3, -0.25) is 19.9 Å². The molecule has 2 heterocycles. The fourth-order valence-corrected chi connectivity index (χ4v) is 2.71. The summed E-state index contributed by atoms with van der Waals surface area (Å²) in [6, 6.07) is 6.29. The van der Waals surface area contributed by atoms with Crippen molar-refractivity contribution in [3.63, 3.8) is 0 Å². The molecule has 0 saturated heterocycles. The van der Waals surface area contributed by atoms with E-state index in [-0.39, 0.29) is 17.9 Å². The van der Waals surface area contributed by atoms with Gasteiger partial charge in [-0.15, -0.1) is 0 Å². The molecule has 152 valence electrons. The Bertz CT molecular complexity index is 1050. The number of anilines is 1. The number of aryl methyl sites for hydroxylation is 2. The number of rotatable bonds is 4. The minimum Gasteiger partial charge on any atom is -0.309 e. The lowest BCUT2D eigenvalue weighted by atomic mass is 10.1. The quantitative estimate of drug-likeness (QED) is 0.462. The summed E-state index contributed by atoms with van der Waals surface area (Å²) in [5, 5.41) is 16.5. The second-order valence-electron chi connectivity index (χ2n) is 6.77. The van der Waals surface area contributed by atoms with Crippen molar-refractivity contribution in [3.8, 4) is 11.3 Å². The van der Waals surface area contributed by atoms with Gasteiger partial charge in [0.05, 0.1) is 11.4 Å². The lowest BCUT2D eigenvalue weighted by Crippen LogP contribution is -2.37. The van der Waals surface area contributed by atoms with Gasteiger partial charge in [-0.05, 0) is 39.0 Å². The molecule has 29 heavy (non-hydrogen) atoms. The first-order chi connectivity index (χ1) is 13.7. The fraction of sp³-hybridized carbons (Fsp3) is 0.263. The zero-order valence-electron chi connectivity index (χ0n) is 16.4. The van der Waals surface area contributed by atoms with Gasteiger partial charge in [0.2, 0.25) is 5.96 Å². The SMILES string of the molecule is Cc1cc(C(=O)NC(=NC(C)C)Nc2cc(-c3cc(F)cc(F)c3)[nH]n2)n(C)n1. The maximum atomic E-state index is 13.4. The first kappa shape index (κ1) is 20.2. The number of carbonyl (C=O) groups excluding carboxylic acids is 1. The second kappa shape index (κ2) is 8.21. The zero-order valence-corrected chi connectivity index (χ0v) is 16.4. The van der Waals surface area contributed by atoms with E-state index in [9.17, 15) is 13.6 Å². The molecule has 0 radical (unpaired) electrons. The second-order valence-corrected chi connectivity index (χ2v) is 6.77. The van der Waals surface area contributed by atoms with Crippen molar-refractivity contribution in [2.45, 2.75) is 26.8 Å². The third kappa shape index (κ3) is 5.03. The van der Waals surface area contributed by atoms with Crippen molar-refractivity contribution in [2.24, 2.45) is 12.0 Å². The minimum atomic E-state index is -0.690. The van der Waals surface area contributed by atoms with Crippen LogP contribution in [-0.2, 0) is 7.05 Å². The highest BCUT2D eigenvalue weighted by Crippen LogP contribution is 2.22. The van der Waals surface area contributed by atoms with Gasteiger partial charge in [-0.25, -0.2) is 13.8 Å². The Kier molecular flexibility index (Phi) is 5.71. The average Bonchev–Trinajstić information content (AvgIpc) is 3.19. The van der Waals surface area contributed by atoms with E-state index in [1.165, 1.54) is 16.8 Å². The zero-order chi connectivity index (χ0) is 21.1. The van der Waals surface area contributed by atoms with Gasteiger partial charge in [-0.1, -0.05) is 0 Å². The average molecular weight is 401 g/mol. The van der Waals surface area contributed by atoms with Crippen molar-refractivity contribution < 1.29 is 13.6 Å². The number of guanidine groups is 1. The molecule has 1 amide bonds. The topological polar surface area (TPSA) is 100.0 Å². The van der Waals surface area contributed by atoms with E-state index in [4.69, 9.17) is 0 Å². The molecule has 10 heteroatoms. The molecule has 0 aliphatic rings. The molecule has 0 atom stereocenters. The number of nitrogens with one attached hydrogen (secondary N) is 3. The number of benzene rings is 1. The van der Waals surface area contributed by atoms with E-state index in [1.54, 1.807) is 26.1 Å². The van der Waals surface area contributed by atoms with Gasteiger partial charge in [-0.2, -0.15) is 10.2 Å². The lowest BCUT2D eigenvalue weighted by Gasteiger charge is -2.11. The number of aromatic amines is 1. The molecule has 0 unspecified atom stereocenters. The summed E-state index contributed by atoms with van der Waals surface area (Å²) in [5.41, 5.74) is 1.80. The third-order valence-electron chi connectivity index (χ3n) is 3.85. The summed E-state index contributed by atoms with van der Waals surface area (Å²) in [7, 11) is 1.67. The van der Waals surface area contributed by atoms with E-state index in [0.29, 0.717) is 28.5 Å². The molecular weight excluding hydrogens is 380 g/mol. The Morgan fingerprint density at radius 3 is 2.45 bits per heavy atom. The predicted molar refractivity (Wildman–Crippen MR) is 106 cm³/mol. The molecule has 0 fully saturated rings. The summed E-state index contributed by atoms with van der Waals surface area (Å²) < 4.78 is 28.4. The van der Waals surface area contributed by atoms with Crippen molar-refractivity contribution in [1.82, 2.24) is 25.3 Å². The standard InChI is InChI=1S/C19H21F2N7O/c1-10(2)22-19(24-18(29)16-5-11(3)27-28(16)4)23-17-9-15(25-26-17)12-6-13(20)8-14(21)7-12/h5-10H,1-4H3,(H3,22,23,24,25,26,29). The molecular formula is C19H21F2N7O. The number of hydrogen-bond acceptors (Lipinski definition) is 4. The number of aliphatic imine (C=N–C) groups is 1. The van der Waals surface area contributed by atoms with E-state index >= 15 is 0 Å².